The zero-order valence-corrected chi connectivity index (χ0v) is 18.4. The van der Waals surface area contributed by atoms with Crippen LogP contribution >= 0.6 is 24.0 Å². The summed E-state index contributed by atoms with van der Waals surface area (Å²) in [5.41, 5.74) is 5.36. The Balaban J connectivity index is 1.80. The van der Waals surface area contributed by atoms with Gasteiger partial charge in [0.2, 0.25) is 0 Å². The molecule has 3 aromatic rings. The third-order valence-electron chi connectivity index (χ3n) is 5.48. The zero-order valence-electron chi connectivity index (χ0n) is 16.8. The van der Waals surface area contributed by atoms with Gasteiger partial charge in [0, 0.05) is 22.6 Å². The molecule has 3 aromatic carbocycles. The highest BCUT2D eigenvalue weighted by atomic mass is 32.2. The van der Waals surface area contributed by atoms with Gasteiger partial charge in [-0.25, -0.2) is 0 Å². The molecule has 3 nitrogen and oxygen atoms in total. The maximum Gasteiger partial charge on any atom is 0.263 e. The first-order valence-corrected chi connectivity index (χ1v) is 11.2. The molecule has 0 spiro atoms. The second-order valence-electron chi connectivity index (χ2n) is 7.43. The Kier molecular flexibility index (Phi) is 5.22. The Hall–Kier alpha value is -3.15. The van der Waals surface area contributed by atoms with E-state index in [9.17, 15) is 4.79 Å². The second kappa shape index (κ2) is 8.17. The van der Waals surface area contributed by atoms with Crippen molar-refractivity contribution in [2.24, 2.45) is 0 Å². The molecule has 1 amide bonds. The number of carbonyl (C=O) groups is 1. The summed E-state index contributed by atoms with van der Waals surface area (Å²) in [6.45, 7) is 2.12. The number of hydrogen-bond donors (Lipinski definition) is 1. The molecule has 0 bridgehead atoms. The van der Waals surface area contributed by atoms with E-state index in [-0.39, 0.29) is 11.8 Å². The molecule has 31 heavy (non-hydrogen) atoms. The summed E-state index contributed by atoms with van der Waals surface area (Å²) in [5.74, 6) is 1.34. The highest BCUT2D eigenvalue weighted by molar-refractivity contribution is 8.26. The lowest BCUT2D eigenvalue weighted by atomic mass is 9.79. The lowest BCUT2D eigenvalue weighted by molar-refractivity contribution is -0.115. The van der Waals surface area contributed by atoms with Gasteiger partial charge in [-0.2, -0.15) is 0 Å². The largest absolute Gasteiger partial charge is 0.456 e. The van der Waals surface area contributed by atoms with Crippen molar-refractivity contribution in [2.75, 3.05) is 0 Å². The van der Waals surface area contributed by atoms with Crippen molar-refractivity contribution in [3.05, 3.63) is 118 Å². The number of thiocarbonyl (C=S) groups is 1. The topological polar surface area (TPSA) is 38.3 Å². The van der Waals surface area contributed by atoms with Crippen LogP contribution in [0.15, 0.2) is 95.4 Å². The zero-order chi connectivity index (χ0) is 21.4. The van der Waals surface area contributed by atoms with Crippen molar-refractivity contribution in [2.45, 2.75) is 12.8 Å². The molecule has 2 aliphatic heterocycles. The van der Waals surface area contributed by atoms with Crippen molar-refractivity contribution in [1.29, 1.82) is 0 Å². The number of fused-ring (bicyclic) bond motifs is 1. The van der Waals surface area contributed by atoms with Crippen LogP contribution in [0.2, 0.25) is 0 Å². The predicted molar refractivity (Wildman–Crippen MR) is 130 cm³/mol. The van der Waals surface area contributed by atoms with Crippen molar-refractivity contribution in [1.82, 2.24) is 5.32 Å². The molecular weight excluding hydrogens is 422 g/mol. The van der Waals surface area contributed by atoms with E-state index in [0.29, 0.717) is 9.23 Å². The highest BCUT2D eigenvalue weighted by Gasteiger charge is 2.33. The van der Waals surface area contributed by atoms with Crippen LogP contribution in [0.3, 0.4) is 0 Å². The van der Waals surface area contributed by atoms with Gasteiger partial charge in [0.15, 0.2) is 0 Å². The minimum atomic E-state index is -0.169. The smallest absolute Gasteiger partial charge is 0.263 e. The molecule has 1 atom stereocenters. The van der Waals surface area contributed by atoms with Crippen LogP contribution < -0.4 is 10.1 Å². The average molecular weight is 442 g/mol. The van der Waals surface area contributed by atoms with E-state index in [1.807, 2.05) is 60.7 Å². The molecule has 2 heterocycles. The third-order valence-corrected chi connectivity index (χ3v) is 6.64. The molecule has 152 valence electrons. The number of ether oxygens (including phenoxy) is 1. The predicted octanol–water partition coefficient (Wildman–Crippen LogP) is 5.96. The van der Waals surface area contributed by atoms with Gasteiger partial charge in [-0.15, -0.1) is 0 Å². The third kappa shape index (κ3) is 3.71. The molecule has 0 aromatic heterocycles. The average Bonchev–Trinajstić information content (AvgIpc) is 3.11. The maximum atomic E-state index is 12.5. The van der Waals surface area contributed by atoms with Gasteiger partial charge < -0.3 is 10.1 Å². The number of allylic oxidation sites excluding steroid dienone is 2. The Labute approximate surface area is 190 Å². The fraction of sp³-hybridized carbons (Fsp3) is 0.0769. The monoisotopic (exact) mass is 441 g/mol. The first kappa shape index (κ1) is 19.8. The van der Waals surface area contributed by atoms with Gasteiger partial charge in [-0.1, -0.05) is 96.8 Å². The summed E-state index contributed by atoms with van der Waals surface area (Å²) in [4.78, 5) is 13.1. The summed E-state index contributed by atoms with van der Waals surface area (Å²) >= 11 is 6.50. The van der Waals surface area contributed by atoms with Crippen molar-refractivity contribution in [3.8, 4) is 5.75 Å². The molecule has 2 aliphatic rings. The number of carbonyl (C=O) groups excluding carboxylic acids is 1. The quantitative estimate of drug-likeness (QED) is 0.402. The number of para-hydroxylation sites is 1. The van der Waals surface area contributed by atoms with Gasteiger partial charge in [-0.3, -0.25) is 4.79 Å². The second-order valence-corrected chi connectivity index (χ2v) is 9.15. The summed E-state index contributed by atoms with van der Waals surface area (Å²) in [7, 11) is 0. The molecule has 1 unspecified atom stereocenters. The van der Waals surface area contributed by atoms with Gasteiger partial charge in [0.25, 0.3) is 5.91 Å². The van der Waals surface area contributed by atoms with Crippen LogP contribution in [0.25, 0.3) is 5.76 Å². The Morgan fingerprint density at radius 3 is 2.32 bits per heavy atom. The number of thioether (sulfide) groups is 1. The maximum absolute atomic E-state index is 12.5. The number of rotatable bonds is 3. The summed E-state index contributed by atoms with van der Waals surface area (Å²) in [6.07, 6.45) is 1.94. The number of amides is 1. The summed E-state index contributed by atoms with van der Waals surface area (Å²) < 4.78 is 6.93. The fourth-order valence-electron chi connectivity index (χ4n) is 4.05. The van der Waals surface area contributed by atoms with Crippen molar-refractivity contribution >= 4 is 40.0 Å². The van der Waals surface area contributed by atoms with Crippen LogP contribution in [0.1, 0.15) is 28.2 Å². The minimum absolute atomic E-state index is 0.0728. The molecular formula is C26H19NO2S2. The molecule has 0 saturated carbocycles. The van der Waals surface area contributed by atoms with Gasteiger partial charge in [0.1, 0.15) is 15.8 Å². The van der Waals surface area contributed by atoms with E-state index in [1.54, 1.807) is 0 Å². The molecule has 5 heteroatoms. The van der Waals surface area contributed by atoms with Crippen molar-refractivity contribution in [3.63, 3.8) is 0 Å². The fourth-order valence-corrected chi connectivity index (χ4v) is 5.09. The highest BCUT2D eigenvalue weighted by Crippen LogP contribution is 2.47. The Morgan fingerprint density at radius 2 is 1.61 bits per heavy atom. The lowest BCUT2D eigenvalue weighted by Gasteiger charge is -2.31. The molecule has 0 radical (unpaired) electrons. The molecule has 1 N–H and O–H groups in total. The number of benzene rings is 3. The number of hydrogen-bond acceptors (Lipinski definition) is 4. The number of nitrogens with one attached hydrogen (secondary N) is 1. The van der Waals surface area contributed by atoms with E-state index in [2.05, 4.69) is 36.5 Å². The Bertz CT molecular complexity index is 1260. The van der Waals surface area contributed by atoms with Crippen LogP contribution in [0.5, 0.6) is 5.75 Å². The molecule has 5 rings (SSSR count). The van der Waals surface area contributed by atoms with E-state index in [4.69, 9.17) is 17.0 Å². The van der Waals surface area contributed by atoms with E-state index in [0.717, 1.165) is 28.2 Å². The minimum Gasteiger partial charge on any atom is -0.456 e. The molecule has 1 saturated heterocycles. The van der Waals surface area contributed by atoms with E-state index >= 15 is 0 Å². The van der Waals surface area contributed by atoms with Gasteiger partial charge in [-0.05, 0) is 30.2 Å². The lowest BCUT2D eigenvalue weighted by Crippen LogP contribution is -2.19. The Morgan fingerprint density at radius 1 is 0.935 bits per heavy atom. The van der Waals surface area contributed by atoms with Crippen molar-refractivity contribution < 1.29 is 9.53 Å². The summed E-state index contributed by atoms with van der Waals surface area (Å²) in [5, 5.41) is 2.72. The van der Waals surface area contributed by atoms with Gasteiger partial charge >= 0.3 is 0 Å². The number of aryl methyl sites for hydroxylation is 1. The SMILES string of the molecule is Cc1ccccc1C1C(/C=C2\SC(=S)NC2=O)=C(c2ccccc2)Oc2ccccc21. The normalized spacial score (nSPS) is 19.3. The van der Waals surface area contributed by atoms with E-state index < -0.39 is 0 Å². The first-order valence-electron chi connectivity index (χ1n) is 9.98. The van der Waals surface area contributed by atoms with Gasteiger partial charge in [0.05, 0.1) is 4.91 Å². The van der Waals surface area contributed by atoms with Crippen LogP contribution in [0.4, 0.5) is 0 Å². The molecule has 1 fully saturated rings. The first-order chi connectivity index (χ1) is 15.1. The molecule has 0 aliphatic carbocycles. The van der Waals surface area contributed by atoms with Crippen LogP contribution in [-0.2, 0) is 4.79 Å². The summed E-state index contributed by atoms with van der Waals surface area (Å²) in [6, 6.07) is 26.5. The van der Waals surface area contributed by atoms with Crippen LogP contribution in [-0.4, -0.2) is 10.2 Å². The standard InChI is InChI=1S/C26H19NO2S2/c1-16-9-5-6-12-18(16)23-19-13-7-8-14-21(19)29-24(17-10-3-2-4-11-17)20(23)15-22-25(28)27-26(30)31-22/h2-15,23H,1H3,(H,27,28,30)/b22-15-. The van der Waals surface area contributed by atoms with Crippen LogP contribution in [0, 0.1) is 6.92 Å². The van der Waals surface area contributed by atoms with E-state index in [1.165, 1.54) is 22.9 Å².